The van der Waals surface area contributed by atoms with Crippen molar-refractivity contribution in [3.8, 4) is 0 Å². The Labute approximate surface area is 113 Å². The van der Waals surface area contributed by atoms with Crippen molar-refractivity contribution in [2.45, 2.75) is 45.7 Å². The van der Waals surface area contributed by atoms with Crippen LogP contribution in [-0.2, 0) is 25.9 Å². The minimum atomic E-state index is 0.871. The van der Waals surface area contributed by atoms with Gasteiger partial charge in [-0.05, 0) is 19.8 Å². The third-order valence-electron chi connectivity index (χ3n) is 3.77. The van der Waals surface area contributed by atoms with E-state index in [9.17, 15) is 0 Å². The van der Waals surface area contributed by atoms with E-state index in [1.54, 1.807) is 0 Å². The fourth-order valence-electron chi connectivity index (χ4n) is 2.59. The fourth-order valence-corrected chi connectivity index (χ4v) is 2.59. The Hall–Kier alpha value is -1.62. The lowest BCUT2D eigenvalue weighted by Crippen LogP contribution is -2.17. The van der Waals surface area contributed by atoms with Crippen LogP contribution in [0.3, 0.4) is 0 Å². The highest BCUT2D eigenvalue weighted by molar-refractivity contribution is 5.14. The number of imidazole rings is 1. The average molecular weight is 259 g/mol. The molecular weight excluding hydrogens is 238 g/mol. The van der Waals surface area contributed by atoms with E-state index in [0.29, 0.717) is 0 Å². The Morgan fingerprint density at radius 1 is 1.42 bits per heavy atom. The molecule has 0 aliphatic carbocycles. The van der Waals surface area contributed by atoms with Crippen molar-refractivity contribution in [2.24, 2.45) is 0 Å². The van der Waals surface area contributed by atoms with Crippen LogP contribution in [0.4, 0.5) is 0 Å². The molecule has 0 spiro atoms. The average Bonchev–Trinajstić information content (AvgIpc) is 3.00. The quantitative estimate of drug-likeness (QED) is 0.802. The molecule has 102 valence electrons. The molecule has 3 heterocycles. The zero-order chi connectivity index (χ0) is 13.1. The van der Waals surface area contributed by atoms with Crippen molar-refractivity contribution in [2.75, 3.05) is 6.54 Å². The third kappa shape index (κ3) is 2.87. The van der Waals surface area contributed by atoms with Crippen LogP contribution in [0.2, 0.25) is 0 Å². The smallest absolute Gasteiger partial charge is 0.108 e. The van der Waals surface area contributed by atoms with Gasteiger partial charge in [-0.1, -0.05) is 0 Å². The Morgan fingerprint density at radius 3 is 3.16 bits per heavy atom. The zero-order valence-corrected chi connectivity index (χ0v) is 11.4. The second kappa shape index (κ2) is 5.57. The van der Waals surface area contributed by atoms with Crippen LogP contribution >= 0.6 is 0 Å². The number of nitrogens with zero attached hydrogens (tertiary/aromatic N) is 3. The Morgan fingerprint density at radius 2 is 2.37 bits per heavy atom. The van der Waals surface area contributed by atoms with E-state index in [4.69, 9.17) is 4.98 Å². The van der Waals surface area contributed by atoms with Crippen molar-refractivity contribution in [3.05, 3.63) is 35.2 Å². The first-order valence-electron chi connectivity index (χ1n) is 7.07. The van der Waals surface area contributed by atoms with Gasteiger partial charge in [-0.25, -0.2) is 4.98 Å². The van der Waals surface area contributed by atoms with Crippen molar-refractivity contribution in [1.82, 2.24) is 25.1 Å². The minimum absolute atomic E-state index is 0.871. The molecule has 1 aliphatic rings. The van der Waals surface area contributed by atoms with Crippen LogP contribution in [0, 0.1) is 6.92 Å². The largest absolute Gasteiger partial charge is 0.335 e. The van der Waals surface area contributed by atoms with E-state index in [1.165, 1.54) is 29.9 Å². The molecule has 0 saturated heterocycles. The number of nitrogens with one attached hydrogen (secondary N) is 2. The van der Waals surface area contributed by atoms with Gasteiger partial charge in [0.25, 0.3) is 0 Å². The molecular formula is C14H21N5. The molecule has 2 aromatic heterocycles. The highest BCUT2D eigenvalue weighted by atomic mass is 15.1. The molecule has 5 nitrogen and oxygen atoms in total. The summed E-state index contributed by atoms with van der Waals surface area (Å²) in [4.78, 5) is 4.71. The van der Waals surface area contributed by atoms with E-state index in [2.05, 4.69) is 26.3 Å². The van der Waals surface area contributed by atoms with Gasteiger partial charge in [0, 0.05) is 49.9 Å². The summed E-state index contributed by atoms with van der Waals surface area (Å²) in [5.41, 5.74) is 3.60. The number of aromatic amines is 1. The molecule has 19 heavy (non-hydrogen) atoms. The predicted molar refractivity (Wildman–Crippen MR) is 73.9 cm³/mol. The topological polar surface area (TPSA) is 58.5 Å². The molecule has 0 radical (unpaired) electrons. The van der Waals surface area contributed by atoms with Crippen LogP contribution < -0.4 is 5.32 Å². The van der Waals surface area contributed by atoms with Crippen LogP contribution in [-0.4, -0.2) is 26.3 Å². The highest BCUT2D eigenvalue weighted by Crippen LogP contribution is 2.14. The number of fused-ring (bicyclic) bond motifs is 1. The Bertz CT molecular complexity index is 516. The first-order chi connectivity index (χ1) is 9.33. The van der Waals surface area contributed by atoms with Gasteiger partial charge in [0.1, 0.15) is 5.82 Å². The molecule has 0 aromatic carbocycles. The summed E-state index contributed by atoms with van der Waals surface area (Å²) in [6.45, 7) is 5.02. The van der Waals surface area contributed by atoms with Crippen molar-refractivity contribution < 1.29 is 0 Å². The van der Waals surface area contributed by atoms with Gasteiger partial charge < -0.3 is 9.88 Å². The lowest BCUT2D eigenvalue weighted by molar-refractivity contribution is 0.522. The number of aryl methyl sites for hydroxylation is 3. The summed E-state index contributed by atoms with van der Waals surface area (Å²) in [6.07, 6.45) is 8.82. The molecule has 5 heteroatoms. The lowest BCUT2D eigenvalue weighted by atomic mass is 10.2. The maximum atomic E-state index is 4.71. The number of rotatable bonds is 5. The summed E-state index contributed by atoms with van der Waals surface area (Å²) < 4.78 is 2.32. The van der Waals surface area contributed by atoms with Crippen LogP contribution in [0.15, 0.2) is 12.4 Å². The van der Waals surface area contributed by atoms with Gasteiger partial charge in [0.05, 0.1) is 11.9 Å². The van der Waals surface area contributed by atoms with E-state index in [0.717, 1.165) is 38.2 Å². The summed E-state index contributed by atoms with van der Waals surface area (Å²) in [5, 5.41) is 10.4. The van der Waals surface area contributed by atoms with Crippen LogP contribution in [0.5, 0.6) is 0 Å². The third-order valence-corrected chi connectivity index (χ3v) is 3.77. The minimum Gasteiger partial charge on any atom is -0.335 e. The fraction of sp³-hybridized carbons (Fsp3) is 0.571. The number of aromatic nitrogens is 4. The number of hydrogen-bond acceptors (Lipinski definition) is 3. The van der Waals surface area contributed by atoms with Crippen molar-refractivity contribution >= 4 is 0 Å². The normalized spacial score (nSPS) is 14.6. The van der Waals surface area contributed by atoms with E-state index in [-0.39, 0.29) is 0 Å². The lowest BCUT2D eigenvalue weighted by Gasteiger charge is -2.11. The summed E-state index contributed by atoms with van der Waals surface area (Å²) in [5.74, 6) is 1.27. The first kappa shape index (κ1) is 12.4. The van der Waals surface area contributed by atoms with Crippen LogP contribution in [0.25, 0.3) is 0 Å². The molecule has 1 aliphatic heterocycles. The van der Waals surface area contributed by atoms with Gasteiger partial charge >= 0.3 is 0 Å². The maximum absolute atomic E-state index is 4.71. The van der Waals surface area contributed by atoms with Crippen molar-refractivity contribution in [3.63, 3.8) is 0 Å². The molecule has 2 N–H and O–H groups in total. The summed E-state index contributed by atoms with van der Waals surface area (Å²) >= 11 is 0. The van der Waals surface area contributed by atoms with E-state index >= 15 is 0 Å². The molecule has 0 amide bonds. The number of hydrogen-bond donors (Lipinski definition) is 2. The number of H-pyrrole nitrogens is 1. The standard InChI is InChI=1S/C14H21N5/c1-11-12(9-16-18-11)8-15-6-5-13-10-19-7-3-2-4-14(19)17-13/h9-10,15H,2-8H2,1H3,(H,16,18). The Balaban J connectivity index is 1.47. The van der Waals surface area contributed by atoms with Gasteiger partial charge in [0.15, 0.2) is 0 Å². The molecule has 0 fully saturated rings. The van der Waals surface area contributed by atoms with E-state index in [1.807, 2.05) is 13.1 Å². The monoisotopic (exact) mass is 259 g/mol. The molecule has 2 aromatic rings. The van der Waals surface area contributed by atoms with E-state index < -0.39 is 0 Å². The zero-order valence-electron chi connectivity index (χ0n) is 11.4. The molecule has 0 unspecified atom stereocenters. The van der Waals surface area contributed by atoms with Gasteiger partial charge in [-0.2, -0.15) is 5.10 Å². The SMILES string of the molecule is Cc1[nH]ncc1CNCCc1cn2c(n1)CCCC2. The summed E-state index contributed by atoms with van der Waals surface area (Å²) in [7, 11) is 0. The Kier molecular flexibility index (Phi) is 3.64. The second-order valence-electron chi connectivity index (χ2n) is 5.25. The molecule has 3 rings (SSSR count). The maximum Gasteiger partial charge on any atom is 0.108 e. The predicted octanol–water partition coefficient (Wildman–Crippen LogP) is 1.58. The molecule has 0 bridgehead atoms. The van der Waals surface area contributed by atoms with Gasteiger partial charge in [0.2, 0.25) is 0 Å². The van der Waals surface area contributed by atoms with Crippen LogP contribution in [0.1, 0.15) is 35.6 Å². The first-order valence-corrected chi connectivity index (χ1v) is 7.07. The summed E-state index contributed by atoms with van der Waals surface area (Å²) in [6, 6.07) is 0. The van der Waals surface area contributed by atoms with Gasteiger partial charge in [-0.3, -0.25) is 5.10 Å². The highest BCUT2D eigenvalue weighted by Gasteiger charge is 2.11. The second-order valence-corrected chi connectivity index (χ2v) is 5.25. The molecule has 0 saturated carbocycles. The van der Waals surface area contributed by atoms with Crippen molar-refractivity contribution in [1.29, 1.82) is 0 Å². The molecule has 0 atom stereocenters. The van der Waals surface area contributed by atoms with Gasteiger partial charge in [-0.15, -0.1) is 0 Å².